The molecule has 2 fully saturated rings. The number of hydrogen-bond acceptors (Lipinski definition) is 5. The van der Waals surface area contributed by atoms with Crippen molar-refractivity contribution in [3.63, 3.8) is 0 Å². The van der Waals surface area contributed by atoms with Crippen LogP contribution in [0.25, 0.3) is 0 Å². The molecule has 25 heavy (non-hydrogen) atoms. The zero-order valence-electron chi connectivity index (χ0n) is 14.4. The summed E-state index contributed by atoms with van der Waals surface area (Å²) >= 11 is 0. The normalized spacial score (nSPS) is 18.4. The van der Waals surface area contributed by atoms with E-state index in [4.69, 9.17) is 0 Å². The number of carbonyl (C=O) groups excluding carboxylic acids is 4. The molecule has 0 saturated carbocycles. The van der Waals surface area contributed by atoms with E-state index >= 15 is 0 Å². The first kappa shape index (κ1) is 21.1. The third-order valence-corrected chi connectivity index (χ3v) is 4.27. The Kier molecular flexibility index (Phi) is 8.05. The van der Waals surface area contributed by atoms with Gasteiger partial charge >= 0.3 is 17.8 Å². The molecule has 0 bridgehead atoms. The summed E-state index contributed by atoms with van der Waals surface area (Å²) in [4.78, 5) is 51.9. The highest BCUT2D eigenvalue weighted by Crippen LogP contribution is 2.16. The van der Waals surface area contributed by atoms with Gasteiger partial charge in [-0.15, -0.1) is 19.0 Å². The lowest BCUT2D eigenvalue weighted by Crippen LogP contribution is -2.50. The van der Waals surface area contributed by atoms with E-state index in [-0.39, 0.29) is 37.4 Å². The van der Waals surface area contributed by atoms with Crippen LogP contribution in [-0.2, 0) is 14.4 Å². The van der Waals surface area contributed by atoms with Gasteiger partial charge in [0.1, 0.15) is 6.54 Å². The van der Waals surface area contributed by atoms with Gasteiger partial charge in [-0.05, 0) is 32.4 Å². The predicted octanol–water partition coefficient (Wildman–Crippen LogP) is 0.376. The number of halogens is 1. The number of nitrogens with zero attached hydrogens (tertiary/aromatic N) is 3. The summed E-state index contributed by atoms with van der Waals surface area (Å²) in [6, 6.07) is -0.647. The van der Waals surface area contributed by atoms with E-state index in [0.29, 0.717) is 6.54 Å². The first-order chi connectivity index (χ1) is 11.5. The summed E-state index contributed by atoms with van der Waals surface area (Å²) in [6.45, 7) is 7.26. The molecular weight excluding hydrogens is 348 g/mol. The topological polar surface area (TPSA) is 90.0 Å². The number of piperidine rings is 1. The average molecular weight is 373 g/mol. The lowest BCUT2D eigenvalue weighted by atomic mass is 10.0. The number of imide groups is 2. The van der Waals surface area contributed by atoms with Crippen molar-refractivity contribution in [2.24, 2.45) is 0 Å². The first-order valence-electron chi connectivity index (χ1n) is 8.29. The van der Waals surface area contributed by atoms with Crippen molar-refractivity contribution in [2.45, 2.75) is 32.2 Å². The van der Waals surface area contributed by atoms with Crippen LogP contribution in [0.3, 0.4) is 0 Å². The fraction of sp³-hybridized carbons (Fsp3) is 0.625. The molecule has 0 atom stereocenters. The Hall–Kier alpha value is -1.93. The van der Waals surface area contributed by atoms with Gasteiger partial charge in [0.05, 0.1) is 0 Å². The molecule has 1 N–H and O–H groups in total. The van der Waals surface area contributed by atoms with Crippen molar-refractivity contribution < 1.29 is 19.2 Å². The standard InChI is InChI=1S/C16H24N4O4.ClH/c1-3-9-18(12-5-7-17-8-6-12)13(21)11-20-15(23)14(22)19(10-4-2)16(20)24;/h4,12,17H,2-3,5-11H2,1H3;1H. The monoisotopic (exact) mass is 372 g/mol. The minimum absolute atomic E-state index is 0. The minimum Gasteiger partial charge on any atom is -0.338 e. The fourth-order valence-corrected chi connectivity index (χ4v) is 3.08. The Morgan fingerprint density at radius 1 is 1.24 bits per heavy atom. The number of hydrogen-bond donors (Lipinski definition) is 1. The quantitative estimate of drug-likeness (QED) is 0.396. The van der Waals surface area contributed by atoms with E-state index in [2.05, 4.69) is 11.9 Å². The predicted molar refractivity (Wildman–Crippen MR) is 94.2 cm³/mol. The molecule has 0 unspecified atom stereocenters. The lowest BCUT2D eigenvalue weighted by Gasteiger charge is -2.35. The molecule has 2 heterocycles. The largest absolute Gasteiger partial charge is 0.338 e. The van der Waals surface area contributed by atoms with Gasteiger partial charge in [0.2, 0.25) is 5.91 Å². The van der Waals surface area contributed by atoms with E-state index in [1.807, 2.05) is 6.92 Å². The second-order valence-corrected chi connectivity index (χ2v) is 5.95. The Morgan fingerprint density at radius 2 is 1.84 bits per heavy atom. The van der Waals surface area contributed by atoms with Gasteiger partial charge in [-0.1, -0.05) is 13.0 Å². The maximum Gasteiger partial charge on any atom is 0.335 e. The highest BCUT2D eigenvalue weighted by molar-refractivity contribution is 6.45. The van der Waals surface area contributed by atoms with E-state index in [9.17, 15) is 19.2 Å². The molecule has 2 saturated heterocycles. The molecule has 5 amide bonds. The molecule has 0 spiro atoms. The number of carbonyl (C=O) groups is 4. The third kappa shape index (κ3) is 4.58. The minimum atomic E-state index is -0.947. The summed E-state index contributed by atoms with van der Waals surface area (Å²) in [5, 5.41) is 3.25. The molecule has 0 radical (unpaired) electrons. The molecule has 2 aliphatic rings. The number of amides is 5. The molecule has 0 aromatic heterocycles. The van der Waals surface area contributed by atoms with Crippen LogP contribution in [0.2, 0.25) is 0 Å². The molecule has 0 aromatic rings. The highest BCUT2D eigenvalue weighted by atomic mass is 35.5. The Bertz CT molecular complexity index is 548. The fourth-order valence-electron chi connectivity index (χ4n) is 3.08. The maximum atomic E-state index is 12.7. The van der Waals surface area contributed by atoms with Crippen LogP contribution in [-0.4, -0.2) is 77.2 Å². The first-order valence-corrected chi connectivity index (χ1v) is 8.29. The summed E-state index contributed by atoms with van der Waals surface area (Å²) in [5.41, 5.74) is 0. The summed E-state index contributed by atoms with van der Waals surface area (Å²) in [5.74, 6) is -2.15. The number of urea groups is 1. The lowest BCUT2D eigenvalue weighted by molar-refractivity contribution is -0.145. The van der Waals surface area contributed by atoms with Crippen molar-refractivity contribution >= 4 is 36.2 Å². The summed E-state index contributed by atoms with van der Waals surface area (Å²) in [6.07, 6.45) is 3.84. The van der Waals surface area contributed by atoms with Gasteiger partial charge in [0.25, 0.3) is 0 Å². The Labute approximate surface area is 153 Å². The van der Waals surface area contributed by atoms with E-state index < -0.39 is 17.8 Å². The summed E-state index contributed by atoms with van der Waals surface area (Å²) in [7, 11) is 0. The molecule has 0 aliphatic carbocycles. The molecule has 0 aromatic carbocycles. The van der Waals surface area contributed by atoms with E-state index in [1.165, 1.54) is 6.08 Å². The van der Waals surface area contributed by atoms with Crippen LogP contribution in [0.1, 0.15) is 26.2 Å². The van der Waals surface area contributed by atoms with E-state index in [0.717, 1.165) is 42.2 Å². The van der Waals surface area contributed by atoms with Crippen LogP contribution < -0.4 is 5.32 Å². The van der Waals surface area contributed by atoms with Crippen molar-refractivity contribution in [1.82, 2.24) is 20.0 Å². The van der Waals surface area contributed by atoms with E-state index in [1.54, 1.807) is 4.90 Å². The van der Waals surface area contributed by atoms with Crippen LogP contribution in [0.5, 0.6) is 0 Å². The Morgan fingerprint density at radius 3 is 2.40 bits per heavy atom. The number of rotatable bonds is 7. The molecule has 9 heteroatoms. The molecule has 140 valence electrons. The van der Waals surface area contributed by atoms with Crippen LogP contribution in [0.15, 0.2) is 12.7 Å². The van der Waals surface area contributed by atoms with Crippen molar-refractivity contribution in [3.8, 4) is 0 Å². The smallest absolute Gasteiger partial charge is 0.335 e. The highest BCUT2D eigenvalue weighted by Gasteiger charge is 2.45. The zero-order valence-corrected chi connectivity index (χ0v) is 15.2. The molecule has 2 aliphatic heterocycles. The van der Waals surface area contributed by atoms with Crippen LogP contribution in [0, 0.1) is 0 Å². The molecule has 8 nitrogen and oxygen atoms in total. The van der Waals surface area contributed by atoms with Gasteiger partial charge in [-0.2, -0.15) is 0 Å². The van der Waals surface area contributed by atoms with Crippen LogP contribution >= 0.6 is 12.4 Å². The van der Waals surface area contributed by atoms with Crippen molar-refractivity contribution in [2.75, 3.05) is 32.7 Å². The zero-order chi connectivity index (χ0) is 17.7. The van der Waals surface area contributed by atoms with Gasteiger partial charge < -0.3 is 10.2 Å². The Balaban J connectivity index is 0.00000312. The van der Waals surface area contributed by atoms with Crippen molar-refractivity contribution in [1.29, 1.82) is 0 Å². The SMILES string of the molecule is C=CCN1C(=O)C(=O)N(CC(=O)N(CCC)C2CCNCC2)C1=O.Cl. The van der Waals surface area contributed by atoms with Gasteiger partial charge in [0.15, 0.2) is 0 Å². The molecule has 2 rings (SSSR count). The van der Waals surface area contributed by atoms with Crippen molar-refractivity contribution in [3.05, 3.63) is 12.7 Å². The summed E-state index contributed by atoms with van der Waals surface area (Å²) < 4.78 is 0. The average Bonchev–Trinajstić information content (AvgIpc) is 2.78. The van der Waals surface area contributed by atoms with Gasteiger partial charge in [-0.25, -0.2) is 9.69 Å². The maximum absolute atomic E-state index is 12.7. The van der Waals surface area contributed by atoms with Crippen LogP contribution in [0.4, 0.5) is 4.79 Å². The second kappa shape index (κ2) is 9.53. The van der Waals surface area contributed by atoms with Gasteiger partial charge in [0, 0.05) is 19.1 Å². The second-order valence-electron chi connectivity index (χ2n) is 5.95. The molecular formula is C16H25ClN4O4. The number of nitrogens with one attached hydrogen (secondary N) is 1. The van der Waals surface area contributed by atoms with Gasteiger partial charge in [-0.3, -0.25) is 19.3 Å². The third-order valence-electron chi connectivity index (χ3n) is 4.27.